The number of nitrogens with zero attached hydrogens (tertiary/aromatic N) is 4. The van der Waals surface area contributed by atoms with E-state index in [1.54, 1.807) is 18.2 Å². The van der Waals surface area contributed by atoms with Gasteiger partial charge in [0.25, 0.3) is 0 Å². The van der Waals surface area contributed by atoms with Crippen LogP contribution in [0.4, 0.5) is 11.5 Å². The van der Waals surface area contributed by atoms with E-state index in [0.717, 1.165) is 48.3 Å². The summed E-state index contributed by atoms with van der Waals surface area (Å²) in [6, 6.07) is 15.0. The summed E-state index contributed by atoms with van der Waals surface area (Å²) in [5.74, 6) is 0.830. The van der Waals surface area contributed by atoms with E-state index in [0.29, 0.717) is 33.3 Å². The number of benzene rings is 2. The van der Waals surface area contributed by atoms with E-state index in [1.165, 1.54) is 11.8 Å². The zero-order valence-corrected chi connectivity index (χ0v) is 22.5. The van der Waals surface area contributed by atoms with Gasteiger partial charge in [0.15, 0.2) is 5.16 Å². The van der Waals surface area contributed by atoms with Gasteiger partial charge in [0.1, 0.15) is 11.0 Å². The first-order chi connectivity index (χ1) is 16.9. The van der Waals surface area contributed by atoms with Gasteiger partial charge in [-0.05, 0) is 36.2 Å². The van der Waals surface area contributed by atoms with Crippen LogP contribution in [-0.4, -0.2) is 54.4 Å². The number of piperazine rings is 1. The molecule has 1 saturated heterocycles. The van der Waals surface area contributed by atoms with Crippen LogP contribution in [0.5, 0.6) is 0 Å². The van der Waals surface area contributed by atoms with Crippen molar-refractivity contribution in [3.8, 4) is 0 Å². The molecule has 3 aromatic rings. The standard InChI is InChI=1S/C24H23Cl4N5OS/c25-17-6-5-16(19(27)13-17)7-8-29-23(34)15-35-24-30-21(28)14-22(31-24)33-11-9-32(10-12-33)20-4-2-1-3-18(20)26/h1-6,13-14H,7-12,15H2,(H,29,34). The van der Waals surface area contributed by atoms with Gasteiger partial charge in [0.05, 0.1) is 16.5 Å². The molecule has 0 saturated carbocycles. The molecular formula is C24H23Cl4N5OS. The van der Waals surface area contributed by atoms with Crippen LogP contribution >= 0.6 is 58.2 Å². The number of rotatable bonds is 8. The molecule has 35 heavy (non-hydrogen) atoms. The van der Waals surface area contributed by atoms with Crippen molar-refractivity contribution in [3.63, 3.8) is 0 Å². The monoisotopic (exact) mass is 569 g/mol. The number of thioether (sulfide) groups is 1. The maximum absolute atomic E-state index is 12.3. The smallest absolute Gasteiger partial charge is 0.230 e. The van der Waals surface area contributed by atoms with Gasteiger partial charge in [0.2, 0.25) is 5.91 Å². The molecule has 1 aliphatic heterocycles. The SMILES string of the molecule is O=C(CSc1nc(Cl)cc(N2CCN(c3ccccc3Cl)CC2)n1)NCCc1ccc(Cl)cc1Cl. The summed E-state index contributed by atoms with van der Waals surface area (Å²) in [6.07, 6.45) is 0.615. The topological polar surface area (TPSA) is 61.4 Å². The van der Waals surface area contributed by atoms with Crippen molar-refractivity contribution in [2.45, 2.75) is 11.6 Å². The van der Waals surface area contributed by atoms with Gasteiger partial charge in [-0.3, -0.25) is 4.79 Å². The lowest BCUT2D eigenvalue weighted by molar-refractivity contribution is -0.118. The lowest BCUT2D eigenvalue weighted by Crippen LogP contribution is -2.47. The molecule has 2 heterocycles. The Morgan fingerprint density at radius 2 is 1.66 bits per heavy atom. The number of carbonyl (C=O) groups excluding carboxylic acids is 1. The number of halogens is 4. The van der Waals surface area contributed by atoms with Crippen LogP contribution < -0.4 is 15.1 Å². The van der Waals surface area contributed by atoms with Crippen LogP contribution in [0, 0.1) is 0 Å². The maximum atomic E-state index is 12.3. The minimum atomic E-state index is -0.112. The highest BCUT2D eigenvalue weighted by Gasteiger charge is 2.21. The van der Waals surface area contributed by atoms with Crippen LogP contribution in [-0.2, 0) is 11.2 Å². The van der Waals surface area contributed by atoms with Crippen molar-refractivity contribution >= 4 is 75.6 Å². The van der Waals surface area contributed by atoms with Crippen LogP contribution in [0.25, 0.3) is 0 Å². The molecule has 0 atom stereocenters. The molecule has 11 heteroatoms. The summed E-state index contributed by atoms with van der Waals surface area (Å²) in [5, 5.41) is 5.64. The quantitative estimate of drug-likeness (QED) is 0.208. The first kappa shape index (κ1) is 26.2. The molecular weight excluding hydrogens is 548 g/mol. The van der Waals surface area contributed by atoms with Crippen molar-refractivity contribution in [2.24, 2.45) is 0 Å². The first-order valence-electron chi connectivity index (χ1n) is 11.0. The number of hydrogen-bond acceptors (Lipinski definition) is 6. The number of aromatic nitrogens is 2. The van der Waals surface area contributed by atoms with E-state index >= 15 is 0 Å². The average molecular weight is 571 g/mol. The average Bonchev–Trinajstić information content (AvgIpc) is 2.84. The zero-order valence-electron chi connectivity index (χ0n) is 18.7. The summed E-state index contributed by atoms with van der Waals surface area (Å²) >= 11 is 26.0. The molecule has 0 radical (unpaired) electrons. The highest BCUT2D eigenvalue weighted by Crippen LogP contribution is 2.28. The highest BCUT2D eigenvalue weighted by atomic mass is 35.5. The maximum Gasteiger partial charge on any atom is 0.230 e. The molecule has 1 fully saturated rings. The fourth-order valence-electron chi connectivity index (χ4n) is 3.74. The normalized spacial score (nSPS) is 13.7. The summed E-state index contributed by atoms with van der Waals surface area (Å²) in [7, 11) is 0. The lowest BCUT2D eigenvalue weighted by Gasteiger charge is -2.37. The Morgan fingerprint density at radius 1 is 0.914 bits per heavy atom. The van der Waals surface area contributed by atoms with Crippen LogP contribution in [0.2, 0.25) is 20.2 Å². The Labute approximate surface area is 228 Å². The first-order valence-corrected chi connectivity index (χ1v) is 13.5. The van der Waals surface area contributed by atoms with Crippen molar-refractivity contribution < 1.29 is 4.79 Å². The molecule has 1 amide bonds. The second-order valence-corrected chi connectivity index (χ2v) is 10.5. The molecule has 0 aliphatic carbocycles. The van der Waals surface area contributed by atoms with Gasteiger partial charge in [-0.25, -0.2) is 9.97 Å². The van der Waals surface area contributed by atoms with Crippen LogP contribution in [0.15, 0.2) is 53.7 Å². The van der Waals surface area contributed by atoms with Crippen molar-refractivity contribution in [1.29, 1.82) is 0 Å². The molecule has 6 nitrogen and oxygen atoms in total. The predicted octanol–water partition coefficient (Wildman–Crippen LogP) is 5.87. The molecule has 184 valence electrons. The number of hydrogen-bond donors (Lipinski definition) is 1. The summed E-state index contributed by atoms with van der Waals surface area (Å²) in [4.78, 5) is 25.7. The third-order valence-electron chi connectivity index (χ3n) is 5.52. The van der Waals surface area contributed by atoms with Gasteiger partial charge < -0.3 is 15.1 Å². The molecule has 1 aromatic heterocycles. The van der Waals surface area contributed by atoms with Gasteiger partial charge in [0, 0.05) is 48.8 Å². The highest BCUT2D eigenvalue weighted by molar-refractivity contribution is 7.99. The third kappa shape index (κ3) is 7.30. The molecule has 4 rings (SSSR count). The largest absolute Gasteiger partial charge is 0.367 e. The Kier molecular flexibility index (Phi) is 9.25. The fraction of sp³-hybridized carbons (Fsp3) is 0.292. The van der Waals surface area contributed by atoms with E-state index in [4.69, 9.17) is 46.4 Å². The Balaban J connectivity index is 1.27. The second-order valence-electron chi connectivity index (χ2n) is 7.88. The molecule has 0 unspecified atom stereocenters. The molecule has 1 aliphatic rings. The molecule has 2 aromatic carbocycles. The van der Waals surface area contributed by atoms with E-state index in [1.807, 2.05) is 30.3 Å². The Morgan fingerprint density at radius 3 is 2.40 bits per heavy atom. The number of amides is 1. The minimum Gasteiger partial charge on any atom is -0.367 e. The summed E-state index contributed by atoms with van der Waals surface area (Å²) in [5.41, 5.74) is 1.97. The molecule has 0 spiro atoms. The van der Waals surface area contributed by atoms with Crippen molar-refractivity contribution in [3.05, 3.63) is 74.3 Å². The zero-order chi connectivity index (χ0) is 24.8. The Hall–Kier alpha value is -1.90. The van der Waals surface area contributed by atoms with Gasteiger partial charge in [-0.1, -0.05) is 76.4 Å². The van der Waals surface area contributed by atoms with Gasteiger partial charge >= 0.3 is 0 Å². The van der Waals surface area contributed by atoms with Crippen molar-refractivity contribution in [2.75, 3.05) is 48.3 Å². The van der Waals surface area contributed by atoms with E-state index in [9.17, 15) is 4.79 Å². The van der Waals surface area contributed by atoms with E-state index in [2.05, 4.69) is 25.1 Å². The van der Waals surface area contributed by atoms with Crippen LogP contribution in [0.3, 0.4) is 0 Å². The number of nitrogens with one attached hydrogen (secondary N) is 1. The molecule has 0 bridgehead atoms. The summed E-state index contributed by atoms with van der Waals surface area (Å²) < 4.78 is 0. The Bertz CT molecular complexity index is 1190. The third-order valence-corrected chi connectivity index (χ3v) is 7.47. The minimum absolute atomic E-state index is 0.112. The van der Waals surface area contributed by atoms with E-state index in [-0.39, 0.29) is 11.7 Å². The van der Waals surface area contributed by atoms with Gasteiger partial charge in [-0.2, -0.15) is 0 Å². The van der Waals surface area contributed by atoms with Crippen molar-refractivity contribution in [1.82, 2.24) is 15.3 Å². The fourth-order valence-corrected chi connectivity index (χ4v) is 5.41. The number of anilines is 2. The van der Waals surface area contributed by atoms with E-state index < -0.39 is 0 Å². The molecule has 1 N–H and O–H groups in total. The van der Waals surface area contributed by atoms with Gasteiger partial charge in [-0.15, -0.1) is 0 Å². The summed E-state index contributed by atoms with van der Waals surface area (Å²) in [6.45, 7) is 3.65. The number of carbonyl (C=O) groups is 1. The van der Waals surface area contributed by atoms with Crippen LogP contribution in [0.1, 0.15) is 5.56 Å². The lowest BCUT2D eigenvalue weighted by atomic mass is 10.1. The second kappa shape index (κ2) is 12.4. The predicted molar refractivity (Wildman–Crippen MR) is 147 cm³/mol. The number of para-hydroxylation sites is 1.